The zero-order valence-corrected chi connectivity index (χ0v) is 14.5. The Labute approximate surface area is 152 Å². The summed E-state index contributed by atoms with van der Waals surface area (Å²) in [6.45, 7) is 0. The van der Waals surface area contributed by atoms with E-state index in [-0.39, 0.29) is 5.78 Å². The van der Waals surface area contributed by atoms with Crippen molar-refractivity contribution < 1.29 is 9.53 Å². The van der Waals surface area contributed by atoms with Gasteiger partial charge in [0.25, 0.3) is 0 Å². The molecular weight excluding hydrogens is 332 g/mol. The average Bonchev–Trinajstić information content (AvgIpc) is 2.67. The third-order valence-electron chi connectivity index (χ3n) is 3.89. The number of benzene rings is 3. The number of ketones is 1. The smallest absolute Gasteiger partial charge is 0.186 e. The van der Waals surface area contributed by atoms with Gasteiger partial charge in [-0.3, -0.25) is 4.79 Å². The van der Waals surface area contributed by atoms with Gasteiger partial charge in [0.1, 0.15) is 5.75 Å². The van der Waals surface area contributed by atoms with Crippen molar-refractivity contribution >= 4 is 23.0 Å². The highest BCUT2D eigenvalue weighted by atomic mass is 35.5. The summed E-state index contributed by atoms with van der Waals surface area (Å²) in [5, 5.41) is 0.659. The van der Waals surface area contributed by atoms with E-state index in [2.05, 4.69) is 0 Å². The van der Waals surface area contributed by atoms with Crippen LogP contribution in [0.3, 0.4) is 0 Å². The van der Waals surface area contributed by atoms with Crippen LogP contribution in [-0.2, 0) is 0 Å². The molecule has 3 aromatic carbocycles. The van der Waals surface area contributed by atoms with E-state index in [0.29, 0.717) is 10.6 Å². The lowest BCUT2D eigenvalue weighted by atomic mass is 9.95. The van der Waals surface area contributed by atoms with E-state index in [1.54, 1.807) is 13.2 Å². The van der Waals surface area contributed by atoms with Crippen molar-refractivity contribution in [3.63, 3.8) is 0 Å². The van der Waals surface area contributed by atoms with Crippen LogP contribution < -0.4 is 4.74 Å². The van der Waals surface area contributed by atoms with Gasteiger partial charge in [0.2, 0.25) is 0 Å². The maximum absolute atomic E-state index is 12.7. The second-order valence-corrected chi connectivity index (χ2v) is 5.96. The molecule has 0 saturated carbocycles. The first-order valence-electron chi connectivity index (χ1n) is 7.89. The first-order chi connectivity index (χ1) is 12.2. The maximum atomic E-state index is 12.7. The molecule has 2 nitrogen and oxygen atoms in total. The molecule has 0 aromatic heterocycles. The molecule has 0 heterocycles. The van der Waals surface area contributed by atoms with Gasteiger partial charge in [0.05, 0.1) is 7.11 Å². The molecule has 124 valence electrons. The molecule has 0 aliphatic rings. The minimum absolute atomic E-state index is 0.0404. The van der Waals surface area contributed by atoms with Crippen molar-refractivity contribution in [2.45, 2.75) is 0 Å². The number of hydrogen-bond acceptors (Lipinski definition) is 2. The van der Waals surface area contributed by atoms with Crippen LogP contribution in [0.2, 0.25) is 5.02 Å². The van der Waals surface area contributed by atoms with Crippen LogP contribution in [0.5, 0.6) is 5.75 Å². The number of methoxy groups -OCH3 is 1. The molecule has 0 unspecified atom stereocenters. The summed E-state index contributed by atoms with van der Waals surface area (Å²) >= 11 is 6.00. The molecule has 0 spiro atoms. The van der Waals surface area contributed by atoms with Gasteiger partial charge in [-0.15, -0.1) is 0 Å². The van der Waals surface area contributed by atoms with E-state index in [9.17, 15) is 4.79 Å². The van der Waals surface area contributed by atoms with Gasteiger partial charge in [-0.05, 0) is 47.0 Å². The molecule has 0 aliphatic carbocycles. The average molecular weight is 349 g/mol. The Bertz CT molecular complexity index is 880. The number of carbonyl (C=O) groups excluding carboxylic acids is 1. The van der Waals surface area contributed by atoms with Gasteiger partial charge < -0.3 is 4.74 Å². The van der Waals surface area contributed by atoms with Crippen LogP contribution in [0, 0.1) is 0 Å². The van der Waals surface area contributed by atoms with E-state index in [1.165, 1.54) is 0 Å². The lowest BCUT2D eigenvalue weighted by Crippen LogP contribution is -1.98. The highest BCUT2D eigenvalue weighted by Gasteiger charge is 2.10. The number of hydrogen-bond donors (Lipinski definition) is 0. The van der Waals surface area contributed by atoms with E-state index in [1.807, 2.05) is 78.9 Å². The normalized spacial score (nSPS) is 11.2. The Morgan fingerprint density at radius 3 is 1.92 bits per heavy atom. The van der Waals surface area contributed by atoms with Crippen molar-refractivity contribution in [3.8, 4) is 5.75 Å². The van der Waals surface area contributed by atoms with Crippen LogP contribution in [-0.4, -0.2) is 12.9 Å². The fraction of sp³-hybridized carbons (Fsp3) is 0.0455. The van der Waals surface area contributed by atoms with Crippen LogP contribution >= 0.6 is 11.6 Å². The molecule has 3 heteroatoms. The Morgan fingerprint density at radius 2 is 1.36 bits per heavy atom. The first kappa shape index (κ1) is 17.0. The molecule has 0 saturated heterocycles. The number of allylic oxidation sites excluding steroid dienone is 1. The van der Waals surface area contributed by atoms with E-state index < -0.39 is 0 Å². The highest BCUT2D eigenvalue weighted by molar-refractivity contribution is 6.30. The van der Waals surface area contributed by atoms with Gasteiger partial charge in [-0.1, -0.05) is 66.2 Å². The number of rotatable bonds is 5. The third-order valence-corrected chi connectivity index (χ3v) is 4.14. The van der Waals surface area contributed by atoms with Crippen molar-refractivity contribution in [2.75, 3.05) is 7.11 Å². The fourth-order valence-corrected chi connectivity index (χ4v) is 2.68. The van der Waals surface area contributed by atoms with Gasteiger partial charge in [-0.25, -0.2) is 0 Å². The van der Waals surface area contributed by atoms with E-state index in [4.69, 9.17) is 16.3 Å². The quantitative estimate of drug-likeness (QED) is 0.439. The SMILES string of the molecule is COc1ccc(/C(=C/C(=O)c2ccccc2)c2ccc(Cl)cc2)cc1. The fourth-order valence-electron chi connectivity index (χ4n) is 2.55. The zero-order valence-electron chi connectivity index (χ0n) is 13.8. The highest BCUT2D eigenvalue weighted by Crippen LogP contribution is 2.27. The number of carbonyl (C=O) groups is 1. The second-order valence-electron chi connectivity index (χ2n) is 5.52. The van der Waals surface area contributed by atoms with Gasteiger partial charge in [-0.2, -0.15) is 0 Å². The molecule has 0 aliphatic heterocycles. The maximum Gasteiger partial charge on any atom is 0.186 e. The molecule has 25 heavy (non-hydrogen) atoms. The molecule has 0 bridgehead atoms. The lowest BCUT2D eigenvalue weighted by Gasteiger charge is -2.10. The monoisotopic (exact) mass is 348 g/mol. The van der Waals surface area contributed by atoms with Gasteiger partial charge in [0, 0.05) is 10.6 Å². The molecule has 3 aromatic rings. The Kier molecular flexibility index (Phi) is 5.32. The molecule has 0 amide bonds. The van der Waals surface area contributed by atoms with Crippen LogP contribution in [0.4, 0.5) is 0 Å². The third kappa shape index (κ3) is 4.17. The van der Waals surface area contributed by atoms with E-state index in [0.717, 1.165) is 22.4 Å². The molecule has 0 fully saturated rings. The van der Waals surface area contributed by atoms with Crippen LogP contribution in [0.15, 0.2) is 84.9 Å². The topological polar surface area (TPSA) is 26.3 Å². The molecule has 3 rings (SSSR count). The van der Waals surface area contributed by atoms with Gasteiger partial charge >= 0.3 is 0 Å². The summed E-state index contributed by atoms with van der Waals surface area (Å²) in [5.41, 5.74) is 3.36. The predicted molar refractivity (Wildman–Crippen MR) is 102 cm³/mol. The van der Waals surface area contributed by atoms with Crippen LogP contribution in [0.25, 0.3) is 5.57 Å². The largest absolute Gasteiger partial charge is 0.497 e. The van der Waals surface area contributed by atoms with Crippen molar-refractivity contribution in [1.82, 2.24) is 0 Å². The predicted octanol–water partition coefficient (Wildman–Crippen LogP) is 5.66. The first-order valence-corrected chi connectivity index (χ1v) is 8.26. The summed E-state index contributed by atoms with van der Waals surface area (Å²) in [6.07, 6.45) is 1.67. The summed E-state index contributed by atoms with van der Waals surface area (Å²) in [5.74, 6) is 0.731. The standard InChI is InChI=1S/C22H17ClO2/c1-25-20-13-9-17(10-14-20)21(16-7-11-19(23)12-8-16)15-22(24)18-5-3-2-4-6-18/h2-15H,1H3/b21-15+. The second kappa shape index (κ2) is 7.82. The van der Waals surface area contributed by atoms with Crippen molar-refractivity contribution in [2.24, 2.45) is 0 Å². The number of halogens is 1. The summed E-state index contributed by atoms with van der Waals surface area (Å²) in [4.78, 5) is 12.7. The summed E-state index contributed by atoms with van der Waals surface area (Å²) in [6, 6.07) is 24.3. The molecular formula is C22H17ClO2. The van der Waals surface area contributed by atoms with E-state index >= 15 is 0 Å². The minimum atomic E-state index is -0.0404. The van der Waals surface area contributed by atoms with Gasteiger partial charge in [0.15, 0.2) is 5.78 Å². The van der Waals surface area contributed by atoms with Crippen molar-refractivity contribution in [3.05, 3.63) is 107 Å². The van der Waals surface area contributed by atoms with Crippen LogP contribution in [0.1, 0.15) is 21.5 Å². The Hall–Kier alpha value is -2.84. The van der Waals surface area contributed by atoms with Crippen molar-refractivity contribution in [1.29, 1.82) is 0 Å². The Morgan fingerprint density at radius 1 is 0.800 bits per heavy atom. The summed E-state index contributed by atoms with van der Waals surface area (Å²) in [7, 11) is 1.63. The molecule has 0 atom stereocenters. The minimum Gasteiger partial charge on any atom is -0.497 e. The molecule has 0 N–H and O–H groups in total. The summed E-state index contributed by atoms with van der Waals surface area (Å²) < 4.78 is 5.22. The lowest BCUT2D eigenvalue weighted by molar-refractivity contribution is 0.104. The zero-order chi connectivity index (χ0) is 17.6. The Balaban J connectivity index is 2.06. The molecule has 0 radical (unpaired) electrons. The number of ether oxygens (including phenoxy) is 1.